The number of hydrogen-bond acceptors (Lipinski definition) is 5. The molecule has 10 heteroatoms. The second-order valence-electron chi connectivity index (χ2n) is 8.54. The van der Waals surface area contributed by atoms with E-state index in [4.69, 9.17) is 26.1 Å². The number of benzene rings is 3. The smallest absolute Gasteiger partial charge is 0.282 e. The lowest BCUT2D eigenvalue weighted by Crippen LogP contribution is -2.23. The van der Waals surface area contributed by atoms with Crippen LogP contribution in [-0.4, -0.2) is 22.5 Å². The number of rotatable bonds is 9. The molecule has 0 amide bonds. The first-order chi connectivity index (χ1) is 18.2. The molecule has 4 aromatic rings. The summed E-state index contributed by atoms with van der Waals surface area (Å²) in [5, 5.41) is 5.72. The zero-order valence-electron chi connectivity index (χ0n) is 21.0. The highest BCUT2D eigenvalue weighted by atomic mass is 79.9. The summed E-state index contributed by atoms with van der Waals surface area (Å²) in [6.07, 6.45) is 2.43. The Kier molecular flexibility index (Phi) is 9.68. The Morgan fingerprint density at radius 1 is 1.08 bits per heavy atom. The van der Waals surface area contributed by atoms with E-state index in [2.05, 4.69) is 59.8 Å². The standard InChI is InChI=1S/C28H25Br3ClN3O3/c1-4-16(3)27-34-22-11-10-19(29)13-20(22)28(36)35(27)33-14-18-12-23(37-5-2)26(25(31)24(18)30)38-15-17-8-6-7-9-21(17)32/h6-14,16H,4-5,15H2,1-3H3/t16-/m1/s1. The van der Waals surface area contributed by atoms with Gasteiger partial charge in [0.05, 0.1) is 28.2 Å². The van der Waals surface area contributed by atoms with Crippen LogP contribution in [0, 0.1) is 0 Å². The third kappa shape index (κ3) is 6.17. The Labute approximate surface area is 251 Å². The van der Waals surface area contributed by atoms with Gasteiger partial charge in [-0.3, -0.25) is 4.79 Å². The van der Waals surface area contributed by atoms with E-state index in [0.717, 1.165) is 16.5 Å². The molecule has 0 N–H and O–H groups in total. The van der Waals surface area contributed by atoms with E-state index in [0.29, 0.717) is 54.4 Å². The summed E-state index contributed by atoms with van der Waals surface area (Å²) in [5.41, 5.74) is 1.96. The van der Waals surface area contributed by atoms with Gasteiger partial charge in [-0.05, 0) is 75.5 Å². The minimum absolute atomic E-state index is 0.0302. The molecule has 4 rings (SSSR count). The number of halogens is 4. The fourth-order valence-electron chi connectivity index (χ4n) is 3.76. The summed E-state index contributed by atoms with van der Waals surface area (Å²) < 4.78 is 15.6. The predicted octanol–water partition coefficient (Wildman–Crippen LogP) is 8.71. The molecule has 1 heterocycles. The fourth-order valence-corrected chi connectivity index (χ4v) is 5.25. The first-order valence-electron chi connectivity index (χ1n) is 12.0. The monoisotopic (exact) mass is 723 g/mol. The lowest BCUT2D eigenvalue weighted by molar-refractivity contribution is 0.267. The molecule has 3 aromatic carbocycles. The quantitative estimate of drug-likeness (QED) is 0.162. The second kappa shape index (κ2) is 12.8. The van der Waals surface area contributed by atoms with Gasteiger partial charge >= 0.3 is 0 Å². The van der Waals surface area contributed by atoms with Crippen molar-refractivity contribution in [1.82, 2.24) is 9.66 Å². The molecular formula is C28H25Br3ClN3O3. The highest BCUT2D eigenvalue weighted by molar-refractivity contribution is 9.13. The van der Waals surface area contributed by atoms with Gasteiger partial charge in [0.2, 0.25) is 0 Å². The number of hydrogen-bond donors (Lipinski definition) is 0. The summed E-state index contributed by atoms with van der Waals surface area (Å²) in [7, 11) is 0. The minimum Gasteiger partial charge on any atom is -0.490 e. The number of ether oxygens (including phenoxy) is 2. The van der Waals surface area contributed by atoms with Crippen molar-refractivity contribution >= 4 is 76.5 Å². The van der Waals surface area contributed by atoms with Crippen molar-refractivity contribution in [3.05, 3.63) is 94.3 Å². The summed E-state index contributed by atoms with van der Waals surface area (Å²) in [5.74, 6) is 1.70. The first kappa shape index (κ1) is 28.8. The minimum atomic E-state index is -0.234. The molecule has 0 aliphatic heterocycles. The summed E-state index contributed by atoms with van der Waals surface area (Å²) in [6.45, 7) is 6.69. The SMILES string of the molecule is CCOc1cc(C=Nn2c([C@H](C)CC)nc3ccc(Br)cc3c2=O)c(Br)c(Br)c1OCc1ccccc1Cl. The van der Waals surface area contributed by atoms with Crippen molar-refractivity contribution in [2.45, 2.75) is 39.7 Å². The molecule has 38 heavy (non-hydrogen) atoms. The van der Waals surface area contributed by atoms with Crippen LogP contribution in [0.1, 0.15) is 50.1 Å². The topological polar surface area (TPSA) is 65.7 Å². The van der Waals surface area contributed by atoms with Crippen LogP contribution in [-0.2, 0) is 6.61 Å². The van der Waals surface area contributed by atoms with Gasteiger partial charge in [0, 0.05) is 31.0 Å². The second-order valence-corrected chi connectivity index (χ2v) is 11.4. The maximum Gasteiger partial charge on any atom is 0.282 e. The van der Waals surface area contributed by atoms with Gasteiger partial charge in [-0.25, -0.2) is 4.98 Å². The zero-order chi connectivity index (χ0) is 27.4. The molecule has 0 aliphatic rings. The van der Waals surface area contributed by atoms with Crippen LogP contribution in [0.2, 0.25) is 5.02 Å². The van der Waals surface area contributed by atoms with Crippen molar-refractivity contribution in [2.24, 2.45) is 5.10 Å². The summed E-state index contributed by atoms with van der Waals surface area (Å²) in [6, 6.07) is 14.8. The summed E-state index contributed by atoms with van der Waals surface area (Å²) >= 11 is 17.0. The highest BCUT2D eigenvalue weighted by Gasteiger charge is 2.19. The van der Waals surface area contributed by atoms with E-state index in [1.807, 2.05) is 56.3 Å². The maximum absolute atomic E-state index is 13.5. The van der Waals surface area contributed by atoms with Crippen LogP contribution in [0.4, 0.5) is 0 Å². The lowest BCUT2D eigenvalue weighted by Gasteiger charge is -2.17. The predicted molar refractivity (Wildman–Crippen MR) is 164 cm³/mol. The molecule has 0 saturated heterocycles. The van der Waals surface area contributed by atoms with Crippen LogP contribution in [0.15, 0.2) is 71.8 Å². The van der Waals surface area contributed by atoms with E-state index in [1.165, 1.54) is 4.68 Å². The molecule has 0 fully saturated rings. The molecule has 0 radical (unpaired) electrons. The largest absolute Gasteiger partial charge is 0.490 e. The van der Waals surface area contributed by atoms with Crippen LogP contribution >= 0.6 is 59.4 Å². The van der Waals surface area contributed by atoms with E-state index < -0.39 is 0 Å². The average molecular weight is 727 g/mol. The Hall–Kier alpha value is -2.20. The van der Waals surface area contributed by atoms with Crippen molar-refractivity contribution in [1.29, 1.82) is 0 Å². The van der Waals surface area contributed by atoms with Crippen LogP contribution in [0.5, 0.6) is 11.5 Å². The molecule has 0 aliphatic carbocycles. The van der Waals surface area contributed by atoms with Crippen molar-refractivity contribution in [2.75, 3.05) is 6.61 Å². The van der Waals surface area contributed by atoms with Gasteiger partial charge in [0.15, 0.2) is 11.5 Å². The van der Waals surface area contributed by atoms with E-state index >= 15 is 0 Å². The van der Waals surface area contributed by atoms with Crippen LogP contribution in [0.3, 0.4) is 0 Å². The number of nitrogens with zero attached hydrogens (tertiary/aromatic N) is 3. The molecule has 1 atom stereocenters. The molecule has 0 unspecified atom stereocenters. The van der Waals surface area contributed by atoms with E-state index in [9.17, 15) is 4.79 Å². The first-order valence-corrected chi connectivity index (χ1v) is 14.8. The van der Waals surface area contributed by atoms with Crippen molar-refractivity contribution in [3.8, 4) is 11.5 Å². The van der Waals surface area contributed by atoms with Gasteiger partial charge in [-0.2, -0.15) is 9.78 Å². The normalized spacial score (nSPS) is 12.3. The Morgan fingerprint density at radius 3 is 2.55 bits per heavy atom. The molecule has 6 nitrogen and oxygen atoms in total. The molecule has 0 bridgehead atoms. The van der Waals surface area contributed by atoms with E-state index in [1.54, 1.807) is 12.3 Å². The molecule has 0 saturated carbocycles. The molecular weight excluding hydrogens is 701 g/mol. The van der Waals surface area contributed by atoms with Gasteiger partial charge in [-0.15, -0.1) is 0 Å². The third-order valence-electron chi connectivity index (χ3n) is 5.98. The lowest BCUT2D eigenvalue weighted by atomic mass is 10.1. The Bertz CT molecular complexity index is 1570. The van der Waals surface area contributed by atoms with Gasteiger partial charge in [0.25, 0.3) is 5.56 Å². The zero-order valence-corrected chi connectivity index (χ0v) is 26.5. The average Bonchev–Trinajstić information content (AvgIpc) is 2.91. The number of fused-ring (bicyclic) bond motifs is 1. The van der Waals surface area contributed by atoms with Crippen LogP contribution < -0.4 is 15.0 Å². The van der Waals surface area contributed by atoms with Gasteiger partial charge < -0.3 is 9.47 Å². The third-order valence-corrected chi connectivity index (χ3v) is 8.99. The van der Waals surface area contributed by atoms with Gasteiger partial charge in [-0.1, -0.05) is 59.6 Å². The molecule has 1 aromatic heterocycles. The Balaban J connectivity index is 1.77. The maximum atomic E-state index is 13.5. The van der Waals surface area contributed by atoms with Crippen LogP contribution in [0.25, 0.3) is 10.9 Å². The molecule has 0 spiro atoms. The van der Waals surface area contributed by atoms with Crippen molar-refractivity contribution in [3.63, 3.8) is 0 Å². The van der Waals surface area contributed by atoms with Crippen molar-refractivity contribution < 1.29 is 9.47 Å². The van der Waals surface area contributed by atoms with Gasteiger partial charge in [0.1, 0.15) is 12.4 Å². The summed E-state index contributed by atoms with van der Waals surface area (Å²) in [4.78, 5) is 18.3. The Morgan fingerprint density at radius 2 is 1.84 bits per heavy atom. The van der Waals surface area contributed by atoms with E-state index in [-0.39, 0.29) is 18.1 Å². The highest BCUT2D eigenvalue weighted by Crippen LogP contribution is 2.43. The fraction of sp³-hybridized carbons (Fsp3) is 0.250. The molecule has 198 valence electrons. The number of aromatic nitrogens is 2.